The first kappa shape index (κ1) is 9.10. The van der Waals surface area contributed by atoms with Gasteiger partial charge in [0, 0.05) is 22.7 Å². The van der Waals surface area contributed by atoms with Gasteiger partial charge in [0.15, 0.2) is 0 Å². The minimum Gasteiger partial charge on any atom is -0.159 e. The molecule has 0 spiro atoms. The average molecular weight is 219 g/mol. The molecule has 15 heavy (non-hydrogen) atoms. The van der Waals surface area contributed by atoms with Crippen molar-refractivity contribution in [1.82, 2.24) is 0 Å². The molecule has 1 heterocycles. The Morgan fingerprint density at radius 1 is 1.13 bits per heavy atom. The van der Waals surface area contributed by atoms with Crippen LogP contribution in [0.5, 0.6) is 0 Å². The largest absolute Gasteiger partial charge is 0.159 e. The molecule has 1 aromatic rings. The number of rotatable bonds is 2. The highest BCUT2D eigenvalue weighted by molar-refractivity contribution is 6.35. The van der Waals surface area contributed by atoms with Crippen LogP contribution >= 0.6 is 11.6 Å². The standard InChI is InChI=1S/C12H11ClN2/c13-10-4-2-1-3-9(10)12-7-11(14-15-12)8-5-6-8/h1-4,8H,5-7H2. The van der Waals surface area contributed by atoms with Crippen LogP contribution in [0.2, 0.25) is 5.02 Å². The highest BCUT2D eigenvalue weighted by Gasteiger charge is 2.31. The van der Waals surface area contributed by atoms with E-state index in [4.69, 9.17) is 11.6 Å². The fraction of sp³-hybridized carbons (Fsp3) is 0.333. The lowest BCUT2D eigenvalue weighted by molar-refractivity contribution is 1.13. The zero-order valence-corrected chi connectivity index (χ0v) is 9.04. The van der Waals surface area contributed by atoms with Crippen LogP contribution in [0.15, 0.2) is 34.5 Å². The first-order valence-electron chi connectivity index (χ1n) is 5.23. The van der Waals surface area contributed by atoms with Crippen molar-refractivity contribution in [3.05, 3.63) is 34.9 Å². The Hall–Kier alpha value is -1.15. The molecule has 0 bridgehead atoms. The Bertz CT molecular complexity index is 458. The maximum absolute atomic E-state index is 6.12. The van der Waals surface area contributed by atoms with Gasteiger partial charge in [0.05, 0.1) is 5.71 Å². The van der Waals surface area contributed by atoms with E-state index < -0.39 is 0 Å². The second kappa shape index (κ2) is 3.46. The van der Waals surface area contributed by atoms with Crippen molar-refractivity contribution in [2.45, 2.75) is 19.3 Å². The van der Waals surface area contributed by atoms with E-state index in [0.717, 1.165) is 22.7 Å². The summed E-state index contributed by atoms with van der Waals surface area (Å²) in [4.78, 5) is 0. The second-order valence-electron chi connectivity index (χ2n) is 4.07. The van der Waals surface area contributed by atoms with Gasteiger partial charge in [-0.15, -0.1) is 0 Å². The van der Waals surface area contributed by atoms with E-state index in [1.165, 1.54) is 18.6 Å². The van der Waals surface area contributed by atoms with Crippen LogP contribution in [0.25, 0.3) is 0 Å². The van der Waals surface area contributed by atoms with Crippen molar-refractivity contribution in [2.24, 2.45) is 16.1 Å². The molecule has 0 radical (unpaired) electrons. The third-order valence-electron chi connectivity index (χ3n) is 2.88. The maximum Gasteiger partial charge on any atom is 0.0774 e. The minimum absolute atomic E-state index is 0.703. The van der Waals surface area contributed by atoms with E-state index in [0.29, 0.717) is 5.92 Å². The van der Waals surface area contributed by atoms with Gasteiger partial charge in [-0.3, -0.25) is 0 Å². The molecule has 1 aliphatic carbocycles. The molecule has 0 amide bonds. The highest BCUT2D eigenvalue weighted by Crippen LogP contribution is 2.34. The Morgan fingerprint density at radius 3 is 2.67 bits per heavy atom. The van der Waals surface area contributed by atoms with Gasteiger partial charge in [0.2, 0.25) is 0 Å². The number of halogens is 1. The summed E-state index contributed by atoms with van der Waals surface area (Å²) < 4.78 is 0. The first-order valence-corrected chi connectivity index (χ1v) is 5.60. The maximum atomic E-state index is 6.12. The van der Waals surface area contributed by atoms with Crippen LogP contribution in [-0.2, 0) is 0 Å². The molecule has 2 nitrogen and oxygen atoms in total. The number of nitrogens with zero attached hydrogens (tertiary/aromatic N) is 2. The van der Waals surface area contributed by atoms with E-state index >= 15 is 0 Å². The highest BCUT2D eigenvalue weighted by atomic mass is 35.5. The van der Waals surface area contributed by atoms with Gasteiger partial charge in [0.25, 0.3) is 0 Å². The zero-order valence-electron chi connectivity index (χ0n) is 8.28. The molecule has 0 atom stereocenters. The van der Waals surface area contributed by atoms with Crippen molar-refractivity contribution in [1.29, 1.82) is 0 Å². The summed E-state index contributed by atoms with van der Waals surface area (Å²) in [5.74, 6) is 0.703. The molecule has 1 aliphatic heterocycles. The number of benzene rings is 1. The fourth-order valence-corrected chi connectivity index (χ4v) is 2.10. The Morgan fingerprint density at radius 2 is 1.93 bits per heavy atom. The molecule has 1 aromatic carbocycles. The van der Waals surface area contributed by atoms with Gasteiger partial charge in [-0.1, -0.05) is 29.8 Å². The third kappa shape index (κ3) is 1.70. The monoisotopic (exact) mass is 218 g/mol. The molecule has 0 unspecified atom stereocenters. The normalized spacial score (nSPS) is 20.1. The summed E-state index contributed by atoms with van der Waals surface area (Å²) >= 11 is 6.12. The molecule has 0 saturated heterocycles. The second-order valence-corrected chi connectivity index (χ2v) is 4.48. The number of hydrogen-bond acceptors (Lipinski definition) is 2. The van der Waals surface area contributed by atoms with Gasteiger partial charge in [0.1, 0.15) is 0 Å². The van der Waals surface area contributed by atoms with Crippen LogP contribution < -0.4 is 0 Å². The molecule has 1 fully saturated rings. The summed E-state index contributed by atoms with van der Waals surface area (Å²) in [5.41, 5.74) is 3.28. The third-order valence-corrected chi connectivity index (χ3v) is 3.21. The molecule has 1 saturated carbocycles. The summed E-state index contributed by atoms with van der Waals surface area (Å²) in [7, 11) is 0. The topological polar surface area (TPSA) is 24.7 Å². The predicted molar refractivity (Wildman–Crippen MR) is 62.8 cm³/mol. The molecule has 0 N–H and O–H groups in total. The predicted octanol–water partition coefficient (Wildman–Crippen LogP) is 3.30. The van der Waals surface area contributed by atoms with Gasteiger partial charge >= 0.3 is 0 Å². The number of hydrogen-bond donors (Lipinski definition) is 0. The SMILES string of the molecule is Clc1ccccc1C1=NN=C(C2CC2)C1. The molecule has 76 valence electrons. The lowest BCUT2D eigenvalue weighted by Crippen LogP contribution is -2.05. The van der Waals surface area contributed by atoms with Gasteiger partial charge in [-0.05, 0) is 24.8 Å². The van der Waals surface area contributed by atoms with Crippen molar-refractivity contribution in [2.75, 3.05) is 0 Å². The van der Waals surface area contributed by atoms with Crippen LogP contribution in [-0.4, -0.2) is 11.4 Å². The quantitative estimate of drug-likeness (QED) is 0.728. The minimum atomic E-state index is 0.703. The fourth-order valence-electron chi connectivity index (χ4n) is 1.85. The van der Waals surface area contributed by atoms with E-state index in [-0.39, 0.29) is 0 Å². The summed E-state index contributed by atoms with van der Waals surface area (Å²) in [6.07, 6.45) is 3.45. The van der Waals surface area contributed by atoms with Gasteiger partial charge < -0.3 is 0 Å². The molecule has 0 aromatic heterocycles. The summed E-state index contributed by atoms with van der Waals surface area (Å²) in [6, 6.07) is 7.82. The molecular weight excluding hydrogens is 208 g/mol. The summed E-state index contributed by atoms with van der Waals surface area (Å²) in [6.45, 7) is 0. The summed E-state index contributed by atoms with van der Waals surface area (Å²) in [5, 5.41) is 9.24. The zero-order chi connectivity index (χ0) is 10.3. The van der Waals surface area contributed by atoms with Crippen LogP contribution in [0.1, 0.15) is 24.8 Å². The molecule has 3 rings (SSSR count). The first-order chi connectivity index (χ1) is 7.34. The Balaban J connectivity index is 1.83. The van der Waals surface area contributed by atoms with Gasteiger partial charge in [-0.2, -0.15) is 10.2 Å². The van der Waals surface area contributed by atoms with Crippen LogP contribution in [0.3, 0.4) is 0 Å². The van der Waals surface area contributed by atoms with Crippen LogP contribution in [0, 0.1) is 5.92 Å². The molecule has 2 aliphatic rings. The van der Waals surface area contributed by atoms with E-state index in [2.05, 4.69) is 10.2 Å². The lowest BCUT2D eigenvalue weighted by atomic mass is 10.0. The smallest absolute Gasteiger partial charge is 0.0774 e. The Labute approximate surface area is 93.7 Å². The van der Waals surface area contributed by atoms with Crippen molar-refractivity contribution in [3.8, 4) is 0 Å². The van der Waals surface area contributed by atoms with Gasteiger partial charge in [-0.25, -0.2) is 0 Å². The van der Waals surface area contributed by atoms with E-state index in [1.807, 2.05) is 24.3 Å². The van der Waals surface area contributed by atoms with Crippen LogP contribution in [0.4, 0.5) is 0 Å². The van der Waals surface area contributed by atoms with E-state index in [9.17, 15) is 0 Å². The molecular formula is C12H11ClN2. The lowest BCUT2D eigenvalue weighted by Gasteiger charge is -2.02. The Kier molecular flexibility index (Phi) is 2.10. The average Bonchev–Trinajstić information content (AvgIpc) is 2.99. The van der Waals surface area contributed by atoms with Crippen molar-refractivity contribution < 1.29 is 0 Å². The van der Waals surface area contributed by atoms with Crippen molar-refractivity contribution in [3.63, 3.8) is 0 Å². The van der Waals surface area contributed by atoms with E-state index in [1.54, 1.807) is 0 Å². The molecule has 3 heteroatoms. The van der Waals surface area contributed by atoms with Crippen molar-refractivity contribution >= 4 is 23.0 Å².